The highest BCUT2D eigenvalue weighted by atomic mass is 32.2. The molecule has 7 heteroatoms. The minimum Gasteiger partial charge on any atom is -0.360 e. The molecular weight excluding hydrogens is 378 g/mol. The molecule has 0 radical (unpaired) electrons. The molecule has 1 aliphatic rings. The van der Waals surface area contributed by atoms with Gasteiger partial charge in [0.15, 0.2) is 0 Å². The summed E-state index contributed by atoms with van der Waals surface area (Å²) in [5.74, 6) is -0.699. The van der Waals surface area contributed by atoms with Crippen molar-refractivity contribution < 1.29 is 9.59 Å². The highest BCUT2D eigenvalue weighted by Crippen LogP contribution is 2.43. The van der Waals surface area contributed by atoms with Crippen molar-refractivity contribution in [3.05, 3.63) is 70.7 Å². The first-order chi connectivity index (χ1) is 13.2. The lowest BCUT2D eigenvalue weighted by Crippen LogP contribution is -2.22. The van der Waals surface area contributed by atoms with Crippen LogP contribution in [0.25, 0.3) is 21.8 Å². The van der Waals surface area contributed by atoms with Crippen molar-refractivity contribution in [3.63, 3.8) is 0 Å². The maximum absolute atomic E-state index is 12.4. The fourth-order valence-electron chi connectivity index (χ4n) is 3.09. The van der Waals surface area contributed by atoms with Crippen molar-refractivity contribution >= 4 is 57.1 Å². The third-order valence-corrected chi connectivity index (χ3v) is 6.80. The van der Waals surface area contributed by atoms with Crippen LogP contribution in [0.15, 0.2) is 80.5 Å². The molecule has 0 spiro atoms. The summed E-state index contributed by atoms with van der Waals surface area (Å²) >= 11 is 2.64. The Kier molecular flexibility index (Phi) is 3.84. The number of fused-ring (bicyclic) bond motifs is 2. The predicted octanol–water partition coefficient (Wildman–Crippen LogP) is 4.40. The second-order valence-corrected chi connectivity index (χ2v) is 8.15. The lowest BCUT2D eigenvalue weighted by molar-refractivity contribution is -0.123. The zero-order chi connectivity index (χ0) is 18.4. The molecule has 0 atom stereocenters. The number of aromatic amines is 2. The quantitative estimate of drug-likeness (QED) is 0.451. The van der Waals surface area contributed by atoms with E-state index in [-0.39, 0.29) is 11.8 Å². The fraction of sp³-hybridized carbons (Fsp3) is 0. The molecule has 0 saturated carbocycles. The van der Waals surface area contributed by atoms with Gasteiger partial charge < -0.3 is 9.97 Å². The van der Waals surface area contributed by atoms with E-state index in [4.69, 9.17) is 0 Å². The second kappa shape index (κ2) is 6.37. The van der Waals surface area contributed by atoms with Gasteiger partial charge in [0.2, 0.25) is 0 Å². The molecule has 132 valence electrons. The van der Waals surface area contributed by atoms with Crippen LogP contribution in [-0.4, -0.2) is 21.8 Å². The molecule has 0 unspecified atom stereocenters. The van der Waals surface area contributed by atoms with E-state index in [2.05, 4.69) is 15.3 Å². The number of hydrogen-bond donors (Lipinski definition) is 3. The summed E-state index contributed by atoms with van der Waals surface area (Å²) in [4.78, 5) is 33.9. The van der Waals surface area contributed by atoms with Gasteiger partial charge in [-0.3, -0.25) is 14.9 Å². The lowest BCUT2D eigenvalue weighted by Gasteiger charge is -2.03. The van der Waals surface area contributed by atoms with Crippen LogP contribution >= 0.6 is 23.5 Å². The van der Waals surface area contributed by atoms with Gasteiger partial charge in [0, 0.05) is 44.0 Å². The standard InChI is InChI=1S/C20H13N3O2S2/c24-19-17(26-15-9-21-13-7-3-1-5-11(13)15)18(20(25)23-19)27-16-10-22-14-8-4-2-6-12(14)16/h1-10,21-22H,(H,23,24,25). The van der Waals surface area contributed by atoms with Crippen molar-refractivity contribution in [2.24, 2.45) is 0 Å². The van der Waals surface area contributed by atoms with Gasteiger partial charge in [0.25, 0.3) is 11.8 Å². The third kappa shape index (κ3) is 2.75. The minimum atomic E-state index is -0.349. The van der Waals surface area contributed by atoms with Crippen LogP contribution in [-0.2, 0) is 9.59 Å². The fourth-order valence-corrected chi connectivity index (χ4v) is 5.25. The molecule has 3 heterocycles. The number of H-pyrrole nitrogens is 2. The number of aromatic nitrogens is 2. The smallest absolute Gasteiger partial charge is 0.266 e. The number of carbonyl (C=O) groups is 2. The van der Waals surface area contributed by atoms with E-state index in [0.717, 1.165) is 31.6 Å². The van der Waals surface area contributed by atoms with E-state index in [1.165, 1.54) is 23.5 Å². The van der Waals surface area contributed by atoms with Crippen LogP contribution < -0.4 is 5.32 Å². The summed E-state index contributed by atoms with van der Waals surface area (Å²) in [6, 6.07) is 15.8. The third-order valence-electron chi connectivity index (χ3n) is 4.37. The van der Waals surface area contributed by atoms with E-state index in [9.17, 15) is 9.59 Å². The molecule has 2 amide bonds. The van der Waals surface area contributed by atoms with Gasteiger partial charge in [-0.15, -0.1) is 0 Å². The van der Waals surface area contributed by atoms with Crippen LogP contribution in [0, 0.1) is 0 Å². The van der Waals surface area contributed by atoms with E-state index in [1.54, 1.807) is 0 Å². The molecule has 3 N–H and O–H groups in total. The largest absolute Gasteiger partial charge is 0.360 e. The van der Waals surface area contributed by atoms with Crippen LogP contribution in [0.2, 0.25) is 0 Å². The number of carbonyl (C=O) groups excluding carboxylic acids is 2. The van der Waals surface area contributed by atoms with Crippen LogP contribution in [0.5, 0.6) is 0 Å². The van der Waals surface area contributed by atoms with Gasteiger partial charge in [0.1, 0.15) is 0 Å². The number of imide groups is 1. The van der Waals surface area contributed by atoms with Crippen molar-refractivity contribution in [1.29, 1.82) is 0 Å². The lowest BCUT2D eigenvalue weighted by atomic mass is 10.2. The number of benzene rings is 2. The van der Waals surface area contributed by atoms with E-state index in [1.807, 2.05) is 60.9 Å². The van der Waals surface area contributed by atoms with E-state index in [0.29, 0.717) is 9.81 Å². The monoisotopic (exact) mass is 391 g/mol. The Bertz CT molecular complexity index is 1160. The molecule has 1 aliphatic heterocycles. The number of thioether (sulfide) groups is 2. The summed E-state index contributed by atoms with van der Waals surface area (Å²) < 4.78 is 0. The highest BCUT2D eigenvalue weighted by Gasteiger charge is 2.32. The van der Waals surface area contributed by atoms with Crippen LogP contribution in [0.3, 0.4) is 0 Å². The average molecular weight is 391 g/mol. The summed E-state index contributed by atoms with van der Waals surface area (Å²) in [6.07, 6.45) is 3.73. The first-order valence-electron chi connectivity index (χ1n) is 8.28. The number of rotatable bonds is 4. The Balaban J connectivity index is 1.56. The first kappa shape index (κ1) is 16.3. The van der Waals surface area contributed by atoms with Gasteiger partial charge in [-0.2, -0.15) is 0 Å². The Morgan fingerprint density at radius 2 is 1.07 bits per heavy atom. The van der Waals surface area contributed by atoms with E-state index >= 15 is 0 Å². The molecule has 4 aromatic rings. The Morgan fingerprint density at radius 3 is 1.56 bits per heavy atom. The van der Waals surface area contributed by atoms with Crippen molar-refractivity contribution in [1.82, 2.24) is 15.3 Å². The van der Waals surface area contributed by atoms with Gasteiger partial charge in [-0.05, 0) is 12.1 Å². The van der Waals surface area contributed by atoms with Gasteiger partial charge in [-0.25, -0.2) is 0 Å². The minimum absolute atomic E-state index is 0.349. The first-order valence-corrected chi connectivity index (χ1v) is 9.92. The molecule has 5 rings (SSSR count). The molecule has 27 heavy (non-hydrogen) atoms. The van der Waals surface area contributed by atoms with Gasteiger partial charge in [-0.1, -0.05) is 59.9 Å². The summed E-state index contributed by atoms with van der Waals surface area (Å²) in [5, 5.41) is 4.48. The Labute approximate surface area is 162 Å². The number of amides is 2. The predicted molar refractivity (Wildman–Crippen MR) is 108 cm³/mol. The topological polar surface area (TPSA) is 77.8 Å². The zero-order valence-corrected chi connectivity index (χ0v) is 15.5. The number of para-hydroxylation sites is 2. The van der Waals surface area contributed by atoms with Crippen molar-refractivity contribution in [2.75, 3.05) is 0 Å². The molecule has 2 aromatic heterocycles. The zero-order valence-electron chi connectivity index (χ0n) is 13.9. The number of nitrogens with one attached hydrogen (secondary N) is 3. The molecule has 0 bridgehead atoms. The summed E-state index contributed by atoms with van der Waals surface area (Å²) in [7, 11) is 0. The van der Waals surface area contributed by atoms with E-state index < -0.39 is 0 Å². The van der Waals surface area contributed by atoms with Crippen molar-refractivity contribution in [2.45, 2.75) is 9.79 Å². The molecule has 0 fully saturated rings. The SMILES string of the molecule is O=C1NC(=O)C(Sc2c[nH]c3ccccc23)=C1Sc1c[nH]c2ccccc12. The molecule has 2 aromatic carbocycles. The molecular formula is C20H13N3O2S2. The average Bonchev–Trinajstić information content (AvgIpc) is 3.35. The maximum atomic E-state index is 12.4. The normalized spacial score (nSPS) is 14.5. The number of hydrogen-bond acceptors (Lipinski definition) is 4. The van der Waals surface area contributed by atoms with Crippen LogP contribution in [0.1, 0.15) is 0 Å². The maximum Gasteiger partial charge on any atom is 0.266 e. The molecule has 5 nitrogen and oxygen atoms in total. The highest BCUT2D eigenvalue weighted by molar-refractivity contribution is 8.08. The Morgan fingerprint density at radius 1 is 0.630 bits per heavy atom. The molecule has 0 saturated heterocycles. The molecule has 0 aliphatic carbocycles. The van der Waals surface area contributed by atoms with Crippen LogP contribution in [0.4, 0.5) is 0 Å². The van der Waals surface area contributed by atoms with Gasteiger partial charge >= 0.3 is 0 Å². The van der Waals surface area contributed by atoms with Crippen molar-refractivity contribution in [3.8, 4) is 0 Å². The Hall–Kier alpha value is -2.90. The summed E-state index contributed by atoms with van der Waals surface area (Å²) in [5.41, 5.74) is 1.99. The second-order valence-electron chi connectivity index (χ2n) is 6.04. The van der Waals surface area contributed by atoms with Gasteiger partial charge in [0.05, 0.1) is 9.81 Å². The summed E-state index contributed by atoms with van der Waals surface area (Å²) in [6.45, 7) is 0.